The first-order valence-electron chi connectivity index (χ1n) is 22.1. The molecule has 0 fully saturated rings. The van der Waals surface area contributed by atoms with Crippen LogP contribution in [-0.4, -0.2) is 37.2 Å². The molecule has 0 radical (unpaired) electrons. The van der Waals surface area contributed by atoms with Crippen LogP contribution in [0, 0.1) is 0 Å². The van der Waals surface area contributed by atoms with Crippen molar-refractivity contribution in [1.29, 1.82) is 0 Å². The van der Waals surface area contributed by atoms with Crippen molar-refractivity contribution in [2.45, 2.75) is 194 Å². The van der Waals surface area contributed by atoms with E-state index in [1.807, 2.05) is 0 Å². The molecule has 0 aliphatic rings. The van der Waals surface area contributed by atoms with Crippen LogP contribution in [0.2, 0.25) is 0 Å². The van der Waals surface area contributed by atoms with Crippen LogP contribution in [0.1, 0.15) is 188 Å². The summed E-state index contributed by atoms with van der Waals surface area (Å²) in [6.07, 6.45) is 54.3. The summed E-state index contributed by atoms with van der Waals surface area (Å²) in [5.74, 6) is -1.01. The monoisotopic (exact) mass is 765 g/mol. The third-order valence-electron chi connectivity index (χ3n) is 8.90. The predicted octanol–water partition coefficient (Wildman–Crippen LogP) is 14.1. The molecule has 1 unspecified atom stereocenters. The number of esters is 3. The summed E-state index contributed by atoms with van der Waals surface area (Å²) in [5.41, 5.74) is 0. The lowest BCUT2D eigenvalue weighted by Crippen LogP contribution is -2.30. The van der Waals surface area contributed by atoms with Gasteiger partial charge >= 0.3 is 17.9 Å². The Kier molecular flexibility index (Phi) is 40.6. The Labute approximate surface area is 337 Å². The average Bonchev–Trinajstić information content (AvgIpc) is 3.18. The van der Waals surface area contributed by atoms with E-state index in [1.54, 1.807) is 0 Å². The standard InChI is InChI=1S/C49H80O6/c1-4-7-10-13-16-19-22-23-24-25-26-28-30-33-36-39-42-48(51)54-45-46(44-53-47(50)41-38-35-32-29-21-18-15-12-9-6-3)55-49(52)43-40-37-34-31-27-20-17-14-11-8-5-2/h7-8,10-11,16-17,19-20,23-24,26,28,31,34,46H,4-6,9,12-15,18,21-22,25,27,29-30,32-33,35-45H2,1-3H3/b10-7-,11-8-,19-16-,20-17-,24-23-,28-26-,34-31-. The minimum absolute atomic E-state index is 0.107. The van der Waals surface area contributed by atoms with Gasteiger partial charge in [0.25, 0.3) is 0 Å². The summed E-state index contributed by atoms with van der Waals surface area (Å²) < 4.78 is 16.6. The molecule has 0 aliphatic carbocycles. The molecule has 0 amide bonds. The van der Waals surface area contributed by atoms with Crippen molar-refractivity contribution >= 4 is 17.9 Å². The van der Waals surface area contributed by atoms with Gasteiger partial charge < -0.3 is 14.2 Å². The summed E-state index contributed by atoms with van der Waals surface area (Å²) in [4.78, 5) is 37.6. The first-order chi connectivity index (χ1) is 27.0. The van der Waals surface area contributed by atoms with E-state index in [9.17, 15) is 14.4 Å². The quantitative estimate of drug-likeness (QED) is 0.0270. The Morgan fingerprint density at radius 2 is 0.727 bits per heavy atom. The van der Waals surface area contributed by atoms with Gasteiger partial charge in [-0.05, 0) is 83.5 Å². The lowest BCUT2D eigenvalue weighted by atomic mass is 10.1. The Bertz CT molecular complexity index is 1110. The van der Waals surface area contributed by atoms with E-state index in [-0.39, 0.29) is 37.5 Å². The Hall–Kier alpha value is -3.41. The predicted molar refractivity (Wildman–Crippen MR) is 233 cm³/mol. The summed E-state index contributed by atoms with van der Waals surface area (Å²) in [6, 6.07) is 0. The fourth-order valence-electron chi connectivity index (χ4n) is 5.63. The molecular weight excluding hydrogens is 685 g/mol. The highest BCUT2D eigenvalue weighted by molar-refractivity contribution is 5.71. The third kappa shape index (κ3) is 41.6. The van der Waals surface area contributed by atoms with Crippen molar-refractivity contribution in [3.8, 4) is 0 Å². The van der Waals surface area contributed by atoms with Crippen LogP contribution >= 0.6 is 0 Å². The molecule has 0 heterocycles. The van der Waals surface area contributed by atoms with Gasteiger partial charge in [0.15, 0.2) is 6.10 Å². The van der Waals surface area contributed by atoms with Crippen LogP contribution < -0.4 is 0 Å². The number of hydrogen-bond donors (Lipinski definition) is 0. The first kappa shape index (κ1) is 51.6. The molecule has 6 nitrogen and oxygen atoms in total. The Balaban J connectivity index is 4.49. The zero-order valence-corrected chi connectivity index (χ0v) is 35.4. The maximum absolute atomic E-state index is 12.7. The fourth-order valence-corrected chi connectivity index (χ4v) is 5.63. The molecule has 0 aliphatic heterocycles. The number of allylic oxidation sites excluding steroid dienone is 14. The number of hydrogen-bond acceptors (Lipinski definition) is 6. The molecule has 0 bridgehead atoms. The molecule has 312 valence electrons. The van der Waals surface area contributed by atoms with Gasteiger partial charge in [0.1, 0.15) is 13.2 Å². The van der Waals surface area contributed by atoms with Crippen molar-refractivity contribution in [3.05, 3.63) is 85.1 Å². The van der Waals surface area contributed by atoms with Crippen LogP contribution in [0.3, 0.4) is 0 Å². The van der Waals surface area contributed by atoms with Crippen molar-refractivity contribution < 1.29 is 28.6 Å². The molecule has 0 rings (SSSR count). The molecular formula is C49H80O6. The SMILES string of the molecule is CC/C=C\C/C=C\C/C=C\C/C=C\CCCCCC(=O)OCC(COC(=O)CCCCCCCCCCCC)OC(=O)CCC/C=C\C/C=C\C/C=C\CC. The molecule has 0 spiro atoms. The maximum atomic E-state index is 12.7. The summed E-state index contributed by atoms with van der Waals surface area (Å²) in [5, 5.41) is 0. The lowest BCUT2D eigenvalue weighted by molar-refractivity contribution is -0.167. The summed E-state index contributed by atoms with van der Waals surface area (Å²) in [6.45, 7) is 6.29. The molecule has 0 N–H and O–H groups in total. The number of carbonyl (C=O) groups is 3. The van der Waals surface area contributed by atoms with E-state index in [2.05, 4.69) is 106 Å². The smallest absolute Gasteiger partial charge is 0.306 e. The van der Waals surface area contributed by atoms with Gasteiger partial charge in [0.05, 0.1) is 0 Å². The van der Waals surface area contributed by atoms with E-state index in [0.29, 0.717) is 19.3 Å². The minimum atomic E-state index is -0.811. The number of ether oxygens (including phenoxy) is 3. The van der Waals surface area contributed by atoms with Gasteiger partial charge in [-0.2, -0.15) is 0 Å². The summed E-state index contributed by atoms with van der Waals surface area (Å²) in [7, 11) is 0. The van der Waals surface area contributed by atoms with Crippen LogP contribution in [0.15, 0.2) is 85.1 Å². The van der Waals surface area contributed by atoms with Gasteiger partial charge in [-0.25, -0.2) is 0 Å². The molecule has 0 aromatic heterocycles. The number of unbranched alkanes of at least 4 members (excludes halogenated alkanes) is 13. The van der Waals surface area contributed by atoms with Crippen molar-refractivity contribution in [1.82, 2.24) is 0 Å². The Morgan fingerprint density at radius 3 is 1.16 bits per heavy atom. The van der Waals surface area contributed by atoms with Crippen LogP contribution in [0.5, 0.6) is 0 Å². The Morgan fingerprint density at radius 1 is 0.382 bits per heavy atom. The third-order valence-corrected chi connectivity index (χ3v) is 8.90. The van der Waals surface area contributed by atoms with Crippen molar-refractivity contribution in [3.63, 3.8) is 0 Å². The normalized spacial score (nSPS) is 12.9. The molecule has 0 aromatic carbocycles. The fraction of sp³-hybridized carbons (Fsp3) is 0.653. The highest BCUT2D eigenvalue weighted by atomic mass is 16.6. The van der Waals surface area contributed by atoms with Gasteiger partial charge in [-0.3, -0.25) is 14.4 Å². The second-order valence-corrected chi connectivity index (χ2v) is 14.2. The number of carbonyl (C=O) groups excluding carboxylic acids is 3. The maximum Gasteiger partial charge on any atom is 0.306 e. The van der Waals surface area contributed by atoms with Crippen LogP contribution in [0.4, 0.5) is 0 Å². The van der Waals surface area contributed by atoms with E-state index in [4.69, 9.17) is 14.2 Å². The van der Waals surface area contributed by atoms with Gasteiger partial charge in [0, 0.05) is 19.3 Å². The van der Waals surface area contributed by atoms with E-state index in [0.717, 1.165) is 96.3 Å². The topological polar surface area (TPSA) is 78.9 Å². The van der Waals surface area contributed by atoms with Crippen molar-refractivity contribution in [2.24, 2.45) is 0 Å². The van der Waals surface area contributed by atoms with E-state index < -0.39 is 6.10 Å². The van der Waals surface area contributed by atoms with Crippen LogP contribution in [0.25, 0.3) is 0 Å². The lowest BCUT2D eigenvalue weighted by Gasteiger charge is -2.18. The zero-order valence-electron chi connectivity index (χ0n) is 35.4. The molecule has 0 saturated carbocycles. The highest BCUT2D eigenvalue weighted by Gasteiger charge is 2.19. The molecule has 0 saturated heterocycles. The molecule has 6 heteroatoms. The zero-order chi connectivity index (χ0) is 40.1. The second-order valence-electron chi connectivity index (χ2n) is 14.2. The van der Waals surface area contributed by atoms with E-state index >= 15 is 0 Å². The summed E-state index contributed by atoms with van der Waals surface area (Å²) >= 11 is 0. The highest BCUT2D eigenvalue weighted by Crippen LogP contribution is 2.13. The molecule has 1 atom stereocenters. The van der Waals surface area contributed by atoms with E-state index in [1.165, 1.54) is 44.9 Å². The second kappa shape index (κ2) is 43.3. The first-order valence-corrected chi connectivity index (χ1v) is 22.1. The molecule has 55 heavy (non-hydrogen) atoms. The van der Waals surface area contributed by atoms with Crippen molar-refractivity contribution in [2.75, 3.05) is 13.2 Å². The van der Waals surface area contributed by atoms with Gasteiger partial charge in [-0.1, -0.05) is 170 Å². The average molecular weight is 765 g/mol. The largest absolute Gasteiger partial charge is 0.462 e. The number of rotatable bonds is 38. The van der Waals surface area contributed by atoms with Gasteiger partial charge in [0.2, 0.25) is 0 Å². The van der Waals surface area contributed by atoms with Crippen LogP contribution in [-0.2, 0) is 28.6 Å². The van der Waals surface area contributed by atoms with Gasteiger partial charge in [-0.15, -0.1) is 0 Å². The minimum Gasteiger partial charge on any atom is -0.462 e. The molecule has 0 aromatic rings.